The second-order valence-corrected chi connectivity index (χ2v) is 8.61. The molecule has 4 heterocycles. The summed E-state index contributed by atoms with van der Waals surface area (Å²) >= 11 is 0. The Morgan fingerprint density at radius 1 is 1.11 bits per heavy atom. The van der Waals surface area contributed by atoms with Gasteiger partial charge >= 0.3 is 0 Å². The Labute approximate surface area is 163 Å². The maximum atomic E-state index is 12.8. The maximum Gasteiger partial charge on any atom is 0.226 e. The van der Waals surface area contributed by atoms with Gasteiger partial charge in [0.15, 0.2) is 0 Å². The molecule has 6 heteroatoms. The van der Waals surface area contributed by atoms with Gasteiger partial charge in [-0.2, -0.15) is 5.10 Å². The molecule has 150 valence electrons. The van der Waals surface area contributed by atoms with Gasteiger partial charge in [0, 0.05) is 51.0 Å². The molecule has 0 aromatic carbocycles. The second kappa shape index (κ2) is 8.74. The van der Waals surface area contributed by atoms with Crippen LogP contribution >= 0.6 is 0 Å². The fourth-order valence-corrected chi connectivity index (χ4v) is 5.09. The van der Waals surface area contributed by atoms with E-state index >= 15 is 0 Å². The fourth-order valence-electron chi connectivity index (χ4n) is 5.09. The minimum atomic E-state index is 0.243. The van der Waals surface area contributed by atoms with Crippen LogP contribution in [0.1, 0.15) is 56.8 Å². The highest BCUT2D eigenvalue weighted by Gasteiger charge is 2.34. The van der Waals surface area contributed by atoms with Gasteiger partial charge in [-0.15, -0.1) is 0 Å². The number of likely N-dealkylation sites (tertiary alicyclic amines) is 3. The molecule has 27 heavy (non-hydrogen) atoms. The monoisotopic (exact) mass is 373 g/mol. The van der Waals surface area contributed by atoms with E-state index < -0.39 is 0 Å². The molecular weight excluding hydrogens is 338 g/mol. The Kier molecular flexibility index (Phi) is 6.13. The summed E-state index contributed by atoms with van der Waals surface area (Å²) in [6, 6.07) is 2.86. The molecule has 3 saturated heterocycles. The highest BCUT2D eigenvalue weighted by molar-refractivity contribution is 5.79. The zero-order valence-corrected chi connectivity index (χ0v) is 16.8. The van der Waals surface area contributed by atoms with E-state index in [0.29, 0.717) is 11.9 Å². The molecule has 0 bridgehead atoms. The summed E-state index contributed by atoms with van der Waals surface area (Å²) in [6.45, 7) is 9.55. The molecule has 1 N–H and O–H groups in total. The smallest absolute Gasteiger partial charge is 0.226 e. The quantitative estimate of drug-likeness (QED) is 0.860. The van der Waals surface area contributed by atoms with Crippen molar-refractivity contribution in [1.82, 2.24) is 24.9 Å². The number of aromatic amines is 1. The first-order chi connectivity index (χ1) is 13.2. The number of aromatic nitrogens is 2. The summed E-state index contributed by atoms with van der Waals surface area (Å²) < 4.78 is 0. The normalized spacial score (nSPS) is 26.0. The molecule has 1 amide bonds. The van der Waals surface area contributed by atoms with Crippen molar-refractivity contribution in [2.45, 2.75) is 64.5 Å². The van der Waals surface area contributed by atoms with Gasteiger partial charge in [-0.25, -0.2) is 0 Å². The zero-order valence-electron chi connectivity index (χ0n) is 16.8. The topological polar surface area (TPSA) is 55.5 Å². The second-order valence-electron chi connectivity index (χ2n) is 8.61. The van der Waals surface area contributed by atoms with Gasteiger partial charge in [0.25, 0.3) is 0 Å². The maximum absolute atomic E-state index is 12.8. The average molecular weight is 374 g/mol. The summed E-state index contributed by atoms with van der Waals surface area (Å²) in [5.74, 6) is 0.674. The van der Waals surface area contributed by atoms with Gasteiger partial charge < -0.3 is 4.90 Å². The van der Waals surface area contributed by atoms with E-state index in [4.69, 9.17) is 0 Å². The SMILES string of the molecule is CCc1cc(CN2CCC(N3CCC[C@@H](C(=O)N4CCCC4)C3)CC2)[nH]n1. The number of aryl methyl sites for hydroxylation is 1. The number of piperidine rings is 2. The first-order valence-corrected chi connectivity index (χ1v) is 11.0. The zero-order chi connectivity index (χ0) is 18.6. The molecule has 6 nitrogen and oxygen atoms in total. The van der Waals surface area contributed by atoms with Crippen molar-refractivity contribution in [2.75, 3.05) is 39.3 Å². The summed E-state index contributed by atoms with van der Waals surface area (Å²) in [5, 5.41) is 7.53. The van der Waals surface area contributed by atoms with E-state index in [-0.39, 0.29) is 5.92 Å². The van der Waals surface area contributed by atoms with Crippen molar-refractivity contribution in [3.8, 4) is 0 Å². The molecule has 0 radical (unpaired) electrons. The van der Waals surface area contributed by atoms with Gasteiger partial charge in [0.2, 0.25) is 5.91 Å². The van der Waals surface area contributed by atoms with Gasteiger partial charge in [-0.3, -0.25) is 19.7 Å². The number of carbonyl (C=O) groups excluding carboxylic acids is 1. The lowest BCUT2D eigenvalue weighted by molar-refractivity contribution is -0.136. The summed E-state index contributed by atoms with van der Waals surface area (Å²) in [5.41, 5.74) is 2.39. The van der Waals surface area contributed by atoms with Gasteiger partial charge in [0.1, 0.15) is 0 Å². The number of carbonyl (C=O) groups is 1. The molecule has 0 aliphatic carbocycles. The van der Waals surface area contributed by atoms with E-state index in [1.165, 1.54) is 44.3 Å². The molecule has 3 fully saturated rings. The van der Waals surface area contributed by atoms with Crippen molar-refractivity contribution < 1.29 is 4.79 Å². The van der Waals surface area contributed by atoms with Crippen LogP contribution in [0.2, 0.25) is 0 Å². The van der Waals surface area contributed by atoms with Crippen molar-refractivity contribution in [3.63, 3.8) is 0 Å². The average Bonchev–Trinajstić information content (AvgIpc) is 3.40. The number of rotatable bonds is 5. The van der Waals surface area contributed by atoms with Gasteiger partial charge in [-0.1, -0.05) is 6.92 Å². The van der Waals surface area contributed by atoms with E-state index in [9.17, 15) is 4.79 Å². The van der Waals surface area contributed by atoms with E-state index in [1.807, 2.05) is 0 Å². The predicted molar refractivity (Wildman–Crippen MR) is 106 cm³/mol. The standard InChI is InChI=1S/C21H35N5O/c1-2-18-14-19(23-22-18)16-24-12-7-20(8-13-24)26-11-5-6-17(15-26)21(27)25-9-3-4-10-25/h14,17,20H,2-13,15-16H2,1H3,(H,22,23)/t17-/m1/s1. The number of amides is 1. The molecule has 3 aliphatic heterocycles. The van der Waals surface area contributed by atoms with Crippen LogP contribution in [0.3, 0.4) is 0 Å². The van der Waals surface area contributed by atoms with Crippen LogP contribution in [0.5, 0.6) is 0 Å². The van der Waals surface area contributed by atoms with Crippen LogP contribution in [0.25, 0.3) is 0 Å². The molecule has 0 saturated carbocycles. The van der Waals surface area contributed by atoms with Gasteiger partial charge in [0.05, 0.1) is 11.6 Å². The lowest BCUT2D eigenvalue weighted by Gasteiger charge is -2.42. The Hall–Kier alpha value is -1.40. The third kappa shape index (κ3) is 4.54. The molecule has 1 atom stereocenters. The van der Waals surface area contributed by atoms with Crippen LogP contribution in [-0.2, 0) is 17.8 Å². The van der Waals surface area contributed by atoms with E-state index in [1.54, 1.807) is 0 Å². The molecule has 0 unspecified atom stereocenters. The number of H-pyrrole nitrogens is 1. The third-order valence-electron chi connectivity index (χ3n) is 6.73. The van der Waals surface area contributed by atoms with Crippen molar-refractivity contribution in [1.29, 1.82) is 0 Å². The number of hydrogen-bond donors (Lipinski definition) is 1. The van der Waals surface area contributed by atoms with E-state index in [2.05, 4.69) is 37.9 Å². The lowest BCUT2D eigenvalue weighted by atomic mass is 9.93. The highest BCUT2D eigenvalue weighted by Crippen LogP contribution is 2.26. The van der Waals surface area contributed by atoms with Crippen molar-refractivity contribution in [2.24, 2.45) is 5.92 Å². The highest BCUT2D eigenvalue weighted by atomic mass is 16.2. The Morgan fingerprint density at radius 3 is 2.59 bits per heavy atom. The minimum absolute atomic E-state index is 0.243. The molecule has 1 aromatic heterocycles. The first-order valence-electron chi connectivity index (χ1n) is 11.0. The Morgan fingerprint density at radius 2 is 1.89 bits per heavy atom. The molecular formula is C21H35N5O. The summed E-state index contributed by atoms with van der Waals surface area (Å²) in [6.07, 6.45) is 8.08. The molecule has 1 aromatic rings. The van der Waals surface area contributed by atoms with Crippen LogP contribution in [0.4, 0.5) is 0 Å². The molecule has 0 spiro atoms. The largest absolute Gasteiger partial charge is 0.342 e. The number of nitrogens with zero attached hydrogens (tertiary/aromatic N) is 4. The van der Waals surface area contributed by atoms with Crippen molar-refractivity contribution >= 4 is 5.91 Å². The Balaban J connectivity index is 1.25. The molecule has 3 aliphatic rings. The number of nitrogens with one attached hydrogen (secondary N) is 1. The summed E-state index contributed by atoms with van der Waals surface area (Å²) in [7, 11) is 0. The predicted octanol–water partition coefficient (Wildman–Crippen LogP) is 2.27. The summed E-state index contributed by atoms with van der Waals surface area (Å²) in [4.78, 5) is 20.1. The van der Waals surface area contributed by atoms with Crippen LogP contribution in [0, 0.1) is 5.92 Å². The lowest BCUT2D eigenvalue weighted by Crippen LogP contribution is -2.51. The third-order valence-corrected chi connectivity index (χ3v) is 6.73. The fraction of sp³-hybridized carbons (Fsp3) is 0.810. The minimum Gasteiger partial charge on any atom is -0.342 e. The first kappa shape index (κ1) is 18.9. The number of hydrogen-bond acceptors (Lipinski definition) is 4. The van der Waals surface area contributed by atoms with Crippen LogP contribution < -0.4 is 0 Å². The van der Waals surface area contributed by atoms with Crippen molar-refractivity contribution in [3.05, 3.63) is 17.5 Å². The van der Waals surface area contributed by atoms with Crippen LogP contribution in [-0.4, -0.2) is 76.1 Å². The molecule has 4 rings (SSSR count). The van der Waals surface area contributed by atoms with E-state index in [0.717, 1.165) is 57.8 Å². The Bertz CT molecular complexity index is 616. The van der Waals surface area contributed by atoms with Gasteiger partial charge in [-0.05, 0) is 57.6 Å². The van der Waals surface area contributed by atoms with Crippen LogP contribution in [0.15, 0.2) is 6.07 Å².